The second-order valence-electron chi connectivity index (χ2n) is 7.39. The van der Waals surface area contributed by atoms with Gasteiger partial charge in [0.05, 0.1) is 46.4 Å². The standard InChI is InChI=1S/C22H23FN2O7S/c1-5-32-19-8-13(6-7-18(19)31-3)17(11-33(4,29)30)25-21(27)15-9-14(23)10-16(24-12(2)26)20(15)22(25)28/h6-10,17H,5,11H2,1-4H3,(H,24,26)/i3D3. The quantitative estimate of drug-likeness (QED) is 0.576. The highest BCUT2D eigenvalue weighted by Gasteiger charge is 2.44. The molecule has 0 bridgehead atoms. The van der Waals surface area contributed by atoms with Crippen LogP contribution in [0.1, 0.15) is 50.3 Å². The Kier molecular flexibility index (Phi) is 5.61. The zero-order valence-corrected chi connectivity index (χ0v) is 18.8. The Balaban J connectivity index is 2.15. The Hall–Kier alpha value is -3.47. The van der Waals surface area contributed by atoms with E-state index in [2.05, 4.69) is 5.32 Å². The van der Waals surface area contributed by atoms with Crippen molar-refractivity contribution in [1.29, 1.82) is 0 Å². The maximum atomic E-state index is 14.2. The topological polar surface area (TPSA) is 119 Å². The number of fused-ring (bicyclic) bond motifs is 1. The van der Waals surface area contributed by atoms with Gasteiger partial charge < -0.3 is 14.8 Å². The molecule has 9 nitrogen and oxygen atoms in total. The number of anilines is 1. The summed E-state index contributed by atoms with van der Waals surface area (Å²) in [5.41, 5.74) is -0.720. The van der Waals surface area contributed by atoms with E-state index in [0.717, 1.165) is 25.3 Å². The largest absolute Gasteiger partial charge is 0.493 e. The summed E-state index contributed by atoms with van der Waals surface area (Å²) in [6, 6.07) is 4.13. The van der Waals surface area contributed by atoms with Crippen molar-refractivity contribution in [2.24, 2.45) is 0 Å². The molecule has 2 aromatic rings. The van der Waals surface area contributed by atoms with Crippen LogP contribution in [-0.2, 0) is 14.6 Å². The van der Waals surface area contributed by atoms with Crippen LogP contribution in [-0.4, -0.2) is 56.7 Å². The molecule has 1 atom stereocenters. The van der Waals surface area contributed by atoms with E-state index in [0.29, 0.717) is 4.90 Å². The first-order chi connectivity index (χ1) is 16.6. The van der Waals surface area contributed by atoms with E-state index < -0.39 is 52.2 Å². The lowest BCUT2D eigenvalue weighted by molar-refractivity contribution is -0.114. The normalized spacial score (nSPS) is 15.9. The van der Waals surface area contributed by atoms with Gasteiger partial charge in [-0.2, -0.15) is 0 Å². The molecular formula is C22H23FN2O7S. The second kappa shape index (κ2) is 9.18. The lowest BCUT2D eigenvalue weighted by Crippen LogP contribution is -2.37. The van der Waals surface area contributed by atoms with Crippen molar-refractivity contribution in [1.82, 2.24) is 4.90 Å². The number of methoxy groups -OCH3 is 1. The average molecular weight is 482 g/mol. The molecule has 0 aromatic heterocycles. The molecule has 33 heavy (non-hydrogen) atoms. The van der Waals surface area contributed by atoms with Crippen LogP contribution in [0.15, 0.2) is 30.3 Å². The number of ether oxygens (including phenoxy) is 2. The summed E-state index contributed by atoms with van der Waals surface area (Å²) in [5.74, 6) is -4.29. The fraction of sp³-hybridized carbons (Fsp3) is 0.318. The lowest BCUT2D eigenvalue weighted by Gasteiger charge is -2.27. The zero-order chi connectivity index (χ0) is 27.0. The van der Waals surface area contributed by atoms with Gasteiger partial charge in [0.1, 0.15) is 15.7 Å². The molecule has 0 saturated heterocycles. The van der Waals surface area contributed by atoms with Crippen LogP contribution in [0, 0.1) is 5.82 Å². The van der Waals surface area contributed by atoms with Gasteiger partial charge in [-0.15, -0.1) is 0 Å². The number of hydrogen-bond acceptors (Lipinski definition) is 7. The highest BCUT2D eigenvalue weighted by Crippen LogP contribution is 2.39. The molecule has 3 rings (SSSR count). The van der Waals surface area contributed by atoms with Gasteiger partial charge in [0.2, 0.25) is 5.91 Å². The zero-order valence-electron chi connectivity index (χ0n) is 21.0. The van der Waals surface area contributed by atoms with Gasteiger partial charge in [-0.05, 0) is 36.8 Å². The van der Waals surface area contributed by atoms with Crippen molar-refractivity contribution in [3.05, 3.63) is 52.8 Å². The molecule has 0 spiro atoms. The summed E-state index contributed by atoms with van der Waals surface area (Å²) in [4.78, 5) is 38.9. The summed E-state index contributed by atoms with van der Waals surface area (Å²) in [7, 11) is -6.60. The van der Waals surface area contributed by atoms with Crippen molar-refractivity contribution >= 4 is 33.2 Å². The van der Waals surface area contributed by atoms with Crippen LogP contribution < -0.4 is 14.8 Å². The number of rotatable bonds is 8. The van der Waals surface area contributed by atoms with Crippen LogP contribution in [0.5, 0.6) is 11.5 Å². The Labute approximate surface area is 194 Å². The van der Waals surface area contributed by atoms with E-state index >= 15 is 0 Å². The first-order valence-corrected chi connectivity index (χ1v) is 11.8. The van der Waals surface area contributed by atoms with Gasteiger partial charge in [0.25, 0.3) is 11.8 Å². The van der Waals surface area contributed by atoms with Crippen molar-refractivity contribution in [3.63, 3.8) is 0 Å². The predicted molar refractivity (Wildman–Crippen MR) is 118 cm³/mol. The molecule has 176 valence electrons. The van der Waals surface area contributed by atoms with Crippen molar-refractivity contribution in [3.8, 4) is 11.5 Å². The van der Waals surface area contributed by atoms with E-state index in [4.69, 9.17) is 13.6 Å². The minimum Gasteiger partial charge on any atom is -0.493 e. The van der Waals surface area contributed by atoms with Gasteiger partial charge in [-0.1, -0.05) is 6.07 Å². The van der Waals surface area contributed by atoms with E-state index in [9.17, 15) is 27.2 Å². The number of carbonyl (C=O) groups excluding carboxylic acids is 3. The van der Waals surface area contributed by atoms with Crippen LogP contribution >= 0.6 is 0 Å². The minimum atomic E-state index is -3.80. The van der Waals surface area contributed by atoms with Gasteiger partial charge in [-0.25, -0.2) is 12.8 Å². The monoisotopic (exact) mass is 481 g/mol. The van der Waals surface area contributed by atoms with Crippen molar-refractivity contribution in [2.45, 2.75) is 19.9 Å². The number of carbonyl (C=O) groups is 3. The highest BCUT2D eigenvalue weighted by molar-refractivity contribution is 7.90. The third-order valence-electron chi connectivity index (χ3n) is 4.83. The Bertz CT molecular complexity index is 1350. The number of hydrogen-bond donors (Lipinski definition) is 1. The second-order valence-corrected chi connectivity index (χ2v) is 9.57. The predicted octanol–water partition coefficient (Wildman–Crippen LogP) is 2.57. The molecule has 1 aliphatic rings. The molecule has 0 saturated carbocycles. The maximum absolute atomic E-state index is 14.2. The third kappa shape index (κ3) is 4.98. The summed E-state index contributed by atoms with van der Waals surface area (Å²) in [6.45, 7) is 2.87. The fourth-order valence-corrected chi connectivity index (χ4v) is 4.53. The molecule has 0 fully saturated rings. The average Bonchev–Trinajstić information content (AvgIpc) is 2.95. The number of nitrogens with zero attached hydrogens (tertiary/aromatic N) is 1. The molecule has 3 amide bonds. The highest BCUT2D eigenvalue weighted by atomic mass is 32.2. The minimum absolute atomic E-state index is 0.0498. The molecule has 1 unspecified atom stereocenters. The first kappa shape index (κ1) is 20.2. The molecule has 0 aliphatic carbocycles. The molecule has 1 aliphatic heterocycles. The van der Waals surface area contributed by atoms with Crippen LogP contribution in [0.25, 0.3) is 0 Å². The van der Waals surface area contributed by atoms with Gasteiger partial charge >= 0.3 is 0 Å². The third-order valence-corrected chi connectivity index (χ3v) is 5.75. The number of sulfone groups is 1. The summed E-state index contributed by atoms with van der Waals surface area (Å²) in [5, 5.41) is 2.31. The molecule has 2 aromatic carbocycles. The number of imide groups is 1. The number of halogens is 1. The van der Waals surface area contributed by atoms with Crippen LogP contribution in [0.4, 0.5) is 10.1 Å². The van der Waals surface area contributed by atoms with Crippen molar-refractivity contribution in [2.75, 3.05) is 31.0 Å². The molecular weight excluding hydrogens is 455 g/mol. The fourth-order valence-electron chi connectivity index (χ4n) is 3.61. The van der Waals surface area contributed by atoms with E-state index in [1.807, 2.05) is 0 Å². The number of amides is 3. The molecule has 1 heterocycles. The number of benzene rings is 2. The van der Waals surface area contributed by atoms with E-state index in [-0.39, 0.29) is 40.5 Å². The summed E-state index contributed by atoms with van der Waals surface area (Å²) in [6.07, 6.45) is 0.913. The lowest BCUT2D eigenvalue weighted by atomic mass is 10.1. The maximum Gasteiger partial charge on any atom is 0.264 e. The Morgan fingerprint density at radius 3 is 2.55 bits per heavy atom. The first-order valence-electron chi connectivity index (χ1n) is 11.2. The van der Waals surface area contributed by atoms with Crippen LogP contribution in [0.3, 0.4) is 0 Å². The van der Waals surface area contributed by atoms with Gasteiger partial charge in [0.15, 0.2) is 11.5 Å². The Morgan fingerprint density at radius 2 is 1.94 bits per heavy atom. The molecule has 11 heteroatoms. The molecule has 0 radical (unpaired) electrons. The molecule has 1 N–H and O–H groups in total. The summed E-state index contributed by atoms with van der Waals surface area (Å²) >= 11 is 0. The number of nitrogens with one attached hydrogen (secondary N) is 1. The summed E-state index contributed by atoms with van der Waals surface area (Å²) < 4.78 is 71.1. The van der Waals surface area contributed by atoms with Gasteiger partial charge in [-0.3, -0.25) is 19.3 Å². The van der Waals surface area contributed by atoms with Gasteiger partial charge in [0, 0.05) is 13.2 Å². The van der Waals surface area contributed by atoms with Crippen molar-refractivity contribution < 1.29 is 40.8 Å². The van der Waals surface area contributed by atoms with E-state index in [1.165, 1.54) is 18.2 Å². The SMILES string of the molecule is [2H]C([2H])([2H])Oc1ccc(C(CS(C)(=O)=O)N2C(=O)c3cc(F)cc(NC(C)=O)c3C2=O)cc1OCC. The van der Waals surface area contributed by atoms with Crippen LogP contribution in [0.2, 0.25) is 0 Å². The van der Waals surface area contributed by atoms with E-state index in [1.54, 1.807) is 6.92 Å². The Morgan fingerprint density at radius 1 is 1.21 bits per heavy atom. The smallest absolute Gasteiger partial charge is 0.264 e.